The van der Waals surface area contributed by atoms with E-state index in [9.17, 15) is 0 Å². The fourth-order valence-corrected chi connectivity index (χ4v) is 7.82. The van der Waals surface area contributed by atoms with E-state index in [0.717, 1.165) is 35.4 Å². The quantitative estimate of drug-likeness (QED) is 0.178. The number of aromatic nitrogens is 1. The van der Waals surface area contributed by atoms with Crippen molar-refractivity contribution in [2.45, 2.75) is 47.5 Å². The average Bonchev–Trinajstić information content (AvgIpc) is 3.69. The molecule has 230 valence electrons. The van der Waals surface area contributed by atoms with Gasteiger partial charge in [-0.25, -0.2) is 0 Å². The molecule has 0 unspecified atom stereocenters. The standard InChI is InChI=1S/C41H27NO.2C2H6/c1-24-7-4-13-34-37(24)40-33-22-19-27-9-5-8-26-15-16-28(39(33)38(26)27)23-35(40)42(34)29-20-17-25(18-21-29)30-11-6-12-32-31-10-2-3-14-36(31)43-41(30)32;2*1-2/h3-9,11-23H,2,10H2,1H3;2*1-2H3. The van der Waals surface area contributed by atoms with Crippen LogP contribution in [0, 0.1) is 6.92 Å². The number of hydrogen-bond acceptors (Lipinski definition) is 1. The molecule has 0 saturated carbocycles. The van der Waals surface area contributed by atoms with Crippen molar-refractivity contribution in [3.05, 3.63) is 132 Å². The highest BCUT2D eigenvalue weighted by molar-refractivity contribution is 6.33. The van der Waals surface area contributed by atoms with Crippen LogP contribution in [-0.2, 0) is 6.42 Å². The number of para-hydroxylation sites is 1. The van der Waals surface area contributed by atoms with Gasteiger partial charge in [-0.15, -0.1) is 0 Å². The molecule has 0 aliphatic heterocycles. The van der Waals surface area contributed by atoms with E-state index in [1.165, 1.54) is 76.2 Å². The van der Waals surface area contributed by atoms with Gasteiger partial charge in [0.2, 0.25) is 0 Å². The van der Waals surface area contributed by atoms with Gasteiger partial charge in [0.1, 0.15) is 11.3 Å². The van der Waals surface area contributed by atoms with E-state index < -0.39 is 0 Å². The molecule has 0 bridgehead atoms. The van der Waals surface area contributed by atoms with Crippen LogP contribution in [0.25, 0.3) is 88.0 Å². The number of furan rings is 1. The van der Waals surface area contributed by atoms with Crippen LogP contribution in [0.3, 0.4) is 0 Å². The Morgan fingerprint density at radius 2 is 1.32 bits per heavy atom. The van der Waals surface area contributed by atoms with Gasteiger partial charge in [-0.1, -0.05) is 119 Å². The lowest BCUT2D eigenvalue weighted by Crippen LogP contribution is -1.94. The maximum absolute atomic E-state index is 6.41. The SMILES string of the molecule is CC.CC.Cc1cccc2c1c1c3ccc4cccc5ccc(cc1n2-c1ccc(-c2cccc6c7c(oc26)C=CCC7)cc1)c3c54. The fraction of sp³-hybridized carbons (Fsp3) is 0.156. The number of nitrogens with zero attached hydrogens (tertiary/aromatic N) is 1. The van der Waals surface area contributed by atoms with E-state index >= 15 is 0 Å². The van der Waals surface area contributed by atoms with Gasteiger partial charge >= 0.3 is 0 Å². The van der Waals surface area contributed by atoms with E-state index in [1.807, 2.05) is 27.7 Å². The van der Waals surface area contributed by atoms with Crippen LogP contribution in [0.2, 0.25) is 0 Å². The number of aryl methyl sites for hydroxylation is 2. The van der Waals surface area contributed by atoms with Crippen molar-refractivity contribution in [2.75, 3.05) is 0 Å². The molecule has 2 nitrogen and oxygen atoms in total. The number of fused-ring (bicyclic) bond motifs is 7. The largest absolute Gasteiger partial charge is 0.456 e. The second kappa shape index (κ2) is 11.5. The minimum atomic E-state index is 0.989. The van der Waals surface area contributed by atoms with E-state index in [0.29, 0.717) is 0 Å². The Morgan fingerprint density at radius 1 is 0.596 bits per heavy atom. The van der Waals surface area contributed by atoms with Gasteiger partial charge in [-0.3, -0.25) is 0 Å². The molecule has 0 spiro atoms. The van der Waals surface area contributed by atoms with Crippen LogP contribution in [0.1, 0.15) is 51.0 Å². The number of benzene rings is 7. The molecule has 0 fully saturated rings. The third-order valence-corrected chi connectivity index (χ3v) is 9.73. The third kappa shape index (κ3) is 4.24. The molecule has 0 radical (unpaired) electrons. The summed E-state index contributed by atoms with van der Waals surface area (Å²) in [5, 5.41) is 11.8. The van der Waals surface area contributed by atoms with Crippen molar-refractivity contribution in [3.63, 3.8) is 0 Å². The Balaban J connectivity index is 0.000000783. The van der Waals surface area contributed by atoms with Crippen molar-refractivity contribution < 1.29 is 4.42 Å². The molecule has 7 aromatic carbocycles. The minimum absolute atomic E-state index is 0.989. The van der Waals surface area contributed by atoms with Gasteiger partial charge in [0.25, 0.3) is 0 Å². The van der Waals surface area contributed by atoms with Gasteiger partial charge in [0.15, 0.2) is 0 Å². The third-order valence-electron chi connectivity index (χ3n) is 9.73. The summed E-state index contributed by atoms with van der Waals surface area (Å²) in [6.45, 7) is 10.2. The van der Waals surface area contributed by atoms with E-state index in [-0.39, 0.29) is 0 Å². The molecule has 1 aliphatic carbocycles. The molecule has 47 heavy (non-hydrogen) atoms. The molecule has 10 rings (SSSR count). The summed E-state index contributed by atoms with van der Waals surface area (Å²) >= 11 is 0. The van der Waals surface area contributed by atoms with Crippen LogP contribution < -0.4 is 0 Å². The second-order valence-corrected chi connectivity index (χ2v) is 12.0. The first kappa shape index (κ1) is 29.1. The predicted molar refractivity (Wildman–Crippen MR) is 204 cm³/mol. The Kier molecular flexibility index (Phi) is 7.10. The summed E-state index contributed by atoms with van der Waals surface area (Å²) in [5.41, 5.74) is 9.59. The minimum Gasteiger partial charge on any atom is -0.456 e. The summed E-state index contributed by atoms with van der Waals surface area (Å²) < 4.78 is 8.86. The van der Waals surface area contributed by atoms with Gasteiger partial charge in [-0.05, 0) is 93.6 Å². The summed E-state index contributed by atoms with van der Waals surface area (Å²) in [6.07, 6.45) is 6.45. The molecule has 2 heteroatoms. The van der Waals surface area contributed by atoms with Gasteiger partial charge in [0, 0.05) is 33.0 Å². The van der Waals surface area contributed by atoms with Crippen LogP contribution in [0.5, 0.6) is 0 Å². The maximum Gasteiger partial charge on any atom is 0.142 e. The monoisotopic (exact) mass is 609 g/mol. The Labute approximate surface area is 275 Å². The molecule has 0 atom stereocenters. The number of hydrogen-bond donors (Lipinski definition) is 0. The average molecular weight is 610 g/mol. The first-order valence-electron chi connectivity index (χ1n) is 17.2. The summed E-state index contributed by atoms with van der Waals surface area (Å²) in [5.74, 6) is 1.01. The molecule has 0 saturated heterocycles. The molecule has 1 aliphatic rings. The summed E-state index contributed by atoms with van der Waals surface area (Å²) in [7, 11) is 0. The van der Waals surface area contributed by atoms with Crippen molar-refractivity contribution in [2.24, 2.45) is 0 Å². The Morgan fingerprint density at radius 3 is 2.13 bits per heavy atom. The van der Waals surface area contributed by atoms with Crippen LogP contribution in [0.4, 0.5) is 0 Å². The normalized spacial score (nSPS) is 12.5. The van der Waals surface area contributed by atoms with Crippen molar-refractivity contribution >= 4 is 71.2 Å². The van der Waals surface area contributed by atoms with Crippen molar-refractivity contribution in [1.82, 2.24) is 4.57 Å². The molecule has 0 N–H and O–H groups in total. The topological polar surface area (TPSA) is 18.1 Å². The molecular weight excluding hydrogens is 571 g/mol. The zero-order valence-electron chi connectivity index (χ0n) is 27.8. The van der Waals surface area contributed by atoms with E-state index in [1.54, 1.807) is 0 Å². The highest BCUT2D eigenvalue weighted by Gasteiger charge is 2.21. The van der Waals surface area contributed by atoms with Crippen LogP contribution >= 0.6 is 0 Å². The lowest BCUT2D eigenvalue weighted by molar-refractivity contribution is 0.596. The number of allylic oxidation sites excluding steroid dienone is 1. The lowest BCUT2D eigenvalue weighted by atomic mass is 9.91. The van der Waals surface area contributed by atoms with Gasteiger partial charge in [0.05, 0.1) is 11.0 Å². The number of rotatable bonds is 2. The van der Waals surface area contributed by atoms with Crippen molar-refractivity contribution in [3.8, 4) is 16.8 Å². The highest BCUT2D eigenvalue weighted by Crippen LogP contribution is 2.44. The fourth-order valence-electron chi connectivity index (χ4n) is 7.82. The zero-order valence-corrected chi connectivity index (χ0v) is 27.8. The van der Waals surface area contributed by atoms with Gasteiger partial charge < -0.3 is 8.98 Å². The van der Waals surface area contributed by atoms with E-state index in [4.69, 9.17) is 4.42 Å². The smallest absolute Gasteiger partial charge is 0.142 e. The molecule has 2 heterocycles. The second-order valence-electron chi connectivity index (χ2n) is 12.0. The molecule has 9 aromatic rings. The first-order valence-corrected chi connectivity index (χ1v) is 17.2. The molecule has 2 aromatic heterocycles. The Bertz CT molecular complexity index is 2590. The highest BCUT2D eigenvalue weighted by atomic mass is 16.3. The van der Waals surface area contributed by atoms with E-state index in [2.05, 4.69) is 133 Å². The zero-order chi connectivity index (χ0) is 32.2. The van der Waals surface area contributed by atoms with Gasteiger partial charge in [-0.2, -0.15) is 0 Å². The van der Waals surface area contributed by atoms with Crippen molar-refractivity contribution in [1.29, 1.82) is 0 Å². The summed E-state index contributed by atoms with van der Waals surface area (Å²) in [4.78, 5) is 0. The van der Waals surface area contributed by atoms with Crippen LogP contribution in [-0.4, -0.2) is 4.57 Å². The van der Waals surface area contributed by atoms with Crippen LogP contribution in [0.15, 0.2) is 120 Å². The Hall–Kier alpha value is -5.34. The molecule has 0 amide bonds. The maximum atomic E-state index is 6.41. The molecular formula is C45H39NO. The predicted octanol–water partition coefficient (Wildman–Crippen LogP) is 13.4. The summed E-state index contributed by atoms with van der Waals surface area (Å²) in [6, 6.07) is 40.5. The lowest BCUT2D eigenvalue weighted by Gasteiger charge is -2.13. The first-order chi connectivity index (χ1) is 23.2.